The minimum atomic E-state index is 0.164. The van der Waals surface area contributed by atoms with Crippen LogP contribution in [-0.4, -0.2) is 45.9 Å². The first-order chi connectivity index (χ1) is 7.31. The second-order valence-electron chi connectivity index (χ2n) is 3.30. The highest BCUT2D eigenvalue weighted by Gasteiger charge is 1.99. The lowest BCUT2D eigenvalue weighted by molar-refractivity contribution is -0.124. The monoisotopic (exact) mass is 218 g/mol. The Morgan fingerprint density at radius 3 is 2.47 bits per heavy atom. The van der Waals surface area contributed by atoms with Gasteiger partial charge in [-0.2, -0.15) is 0 Å². The molecule has 0 bridgehead atoms. The summed E-state index contributed by atoms with van der Waals surface area (Å²) in [6, 6.07) is 0. The third kappa shape index (κ3) is 11.5. The van der Waals surface area contributed by atoms with Crippen LogP contribution in [-0.2, 0) is 19.0 Å². The van der Waals surface area contributed by atoms with E-state index in [2.05, 4.69) is 0 Å². The Bertz CT molecular complexity index is 148. The Morgan fingerprint density at radius 1 is 1.07 bits per heavy atom. The van der Waals surface area contributed by atoms with Gasteiger partial charge >= 0.3 is 0 Å². The minimum Gasteiger partial charge on any atom is -0.385 e. The summed E-state index contributed by atoms with van der Waals surface area (Å²) < 4.78 is 15.3. The molecule has 0 spiro atoms. The SMILES string of the molecule is CCCC(=O)COCCOCCCOC. The van der Waals surface area contributed by atoms with Crippen LogP contribution in [0.15, 0.2) is 0 Å². The third-order valence-electron chi connectivity index (χ3n) is 1.80. The topological polar surface area (TPSA) is 44.8 Å². The smallest absolute Gasteiger partial charge is 0.158 e. The molecule has 0 unspecified atom stereocenters. The standard InChI is InChI=1S/C11H22O4/c1-3-5-11(12)10-15-9-8-14-7-4-6-13-2/h3-10H2,1-2H3. The maximum absolute atomic E-state index is 11.0. The van der Waals surface area contributed by atoms with Gasteiger partial charge in [-0.3, -0.25) is 4.79 Å². The van der Waals surface area contributed by atoms with Crippen LogP contribution in [0.2, 0.25) is 0 Å². The number of carbonyl (C=O) groups excluding carboxylic acids is 1. The third-order valence-corrected chi connectivity index (χ3v) is 1.80. The summed E-state index contributed by atoms with van der Waals surface area (Å²) in [4.78, 5) is 11.0. The van der Waals surface area contributed by atoms with Crippen LogP contribution in [0.3, 0.4) is 0 Å². The van der Waals surface area contributed by atoms with Crippen molar-refractivity contribution in [2.45, 2.75) is 26.2 Å². The van der Waals surface area contributed by atoms with Crippen molar-refractivity contribution in [2.24, 2.45) is 0 Å². The van der Waals surface area contributed by atoms with Crippen LogP contribution in [0, 0.1) is 0 Å². The van der Waals surface area contributed by atoms with Crippen LogP contribution in [0.1, 0.15) is 26.2 Å². The Labute approximate surface area is 91.9 Å². The molecule has 0 N–H and O–H groups in total. The second-order valence-corrected chi connectivity index (χ2v) is 3.30. The lowest BCUT2D eigenvalue weighted by Gasteiger charge is -2.04. The molecule has 0 heterocycles. The van der Waals surface area contributed by atoms with Crippen molar-refractivity contribution in [3.05, 3.63) is 0 Å². The normalized spacial score (nSPS) is 10.5. The van der Waals surface area contributed by atoms with E-state index in [-0.39, 0.29) is 12.4 Å². The van der Waals surface area contributed by atoms with Gasteiger partial charge in [0.15, 0.2) is 5.78 Å². The van der Waals surface area contributed by atoms with Crippen LogP contribution in [0.5, 0.6) is 0 Å². The Kier molecular flexibility index (Phi) is 11.3. The largest absolute Gasteiger partial charge is 0.385 e. The molecule has 0 aliphatic heterocycles. The number of carbonyl (C=O) groups is 1. The number of ether oxygens (including phenoxy) is 3. The fourth-order valence-corrected chi connectivity index (χ4v) is 1.06. The molecule has 0 saturated carbocycles. The first-order valence-corrected chi connectivity index (χ1v) is 5.47. The quantitative estimate of drug-likeness (QED) is 0.492. The molecule has 0 aliphatic carbocycles. The molecule has 0 aromatic rings. The lowest BCUT2D eigenvalue weighted by atomic mass is 10.2. The Morgan fingerprint density at radius 2 is 1.80 bits per heavy atom. The zero-order valence-corrected chi connectivity index (χ0v) is 9.79. The highest BCUT2D eigenvalue weighted by Crippen LogP contribution is 1.90. The zero-order chi connectivity index (χ0) is 11.4. The summed E-state index contributed by atoms with van der Waals surface area (Å²) in [6.45, 7) is 4.63. The molecule has 90 valence electrons. The first kappa shape index (κ1) is 14.6. The maximum atomic E-state index is 11.0. The van der Waals surface area contributed by atoms with Gasteiger partial charge in [0.2, 0.25) is 0 Å². The van der Waals surface area contributed by atoms with Crippen LogP contribution in [0.25, 0.3) is 0 Å². The highest BCUT2D eigenvalue weighted by atomic mass is 16.5. The number of hydrogen-bond donors (Lipinski definition) is 0. The predicted molar refractivity (Wildman–Crippen MR) is 58.0 cm³/mol. The minimum absolute atomic E-state index is 0.164. The number of hydrogen-bond acceptors (Lipinski definition) is 4. The van der Waals surface area contributed by atoms with Gasteiger partial charge < -0.3 is 14.2 Å². The van der Waals surface area contributed by atoms with Gasteiger partial charge in [-0.15, -0.1) is 0 Å². The number of methoxy groups -OCH3 is 1. The molecule has 4 nitrogen and oxygen atoms in total. The van der Waals surface area contributed by atoms with Crippen molar-refractivity contribution >= 4 is 5.78 Å². The molecule has 0 radical (unpaired) electrons. The Balaban J connectivity index is 3.01. The van der Waals surface area contributed by atoms with E-state index in [1.165, 1.54) is 0 Å². The molecule has 0 saturated heterocycles. The molecular weight excluding hydrogens is 196 g/mol. The summed E-state index contributed by atoms with van der Waals surface area (Å²) in [5.74, 6) is 0.164. The number of rotatable bonds is 11. The van der Waals surface area contributed by atoms with E-state index >= 15 is 0 Å². The number of Topliss-reactive ketones (excluding diaryl/α,β-unsaturated/α-hetero) is 1. The fourth-order valence-electron chi connectivity index (χ4n) is 1.06. The second kappa shape index (κ2) is 11.6. The van der Waals surface area contributed by atoms with Crippen LogP contribution < -0.4 is 0 Å². The molecule has 0 aromatic heterocycles. The van der Waals surface area contributed by atoms with E-state index < -0.39 is 0 Å². The zero-order valence-electron chi connectivity index (χ0n) is 9.79. The van der Waals surface area contributed by atoms with Gasteiger partial charge in [0, 0.05) is 26.7 Å². The fraction of sp³-hybridized carbons (Fsp3) is 0.909. The molecule has 0 atom stereocenters. The lowest BCUT2D eigenvalue weighted by Crippen LogP contribution is -2.12. The predicted octanol–water partition coefficient (Wildman–Crippen LogP) is 1.43. The average molecular weight is 218 g/mol. The van der Waals surface area contributed by atoms with Crippen molar-refractivity contribution in [1.82, 2.24) is 0 Å². The van der Waals surface area contributed by atoms with Crippen molar-refractivity contribution in [2.75, 3.05) is 40.1 Å². The summed E-state index contributed by atoms with van der Waals surface area (Å²) in [7, 11) is 1.67. The van der Waals surface area contributed by atoms with Gasteiger partial charge in [-0.25, -0.2) is 0 Å². The van der Waals surface area contributed by atoms with Gasteiger partial charge in [0.05, 0.1) is 13.2 Å². The van der Waals surface area contributed by atoms with E-state index in [0.29, 0.717) is 26.2 Å². The first-order valence-electron chi connectivity index (χ1n) is 5.47. The summed E-state index contributed by atoms with van der Waals surface area (Å²) in [5.41, 5.74) is 0. The molecule has 0 aromatic carbocycles. The number of ketones is 1. The van der Waals surface area contributed by atoms with Crippen molar-refractivity contribution < 1.29 is 19.0 Å². The maximum Gasteiger partial charge on any atom is 0.158 e. The Hall–Kier alpha value is -0.450. The molecule has 0 aliphatic rings. The summed E-state index contributed by atoms with van der Waals surface area (Å²) in [5, 5.41) is 0. The van der Waals surface area contributed by atoms with Gasteiger partial charge in [0.25, 0.3) is 0 Å². The van der Waals surface area contributed by atoms with Crippen LogP contribution in [0.4, 0.5) is 0 Å². The van der Waals surface area contributed by atoms with Gasteiger partial charge in [0.1, 0.15) is 6.61 Å². The molecular formula is C11H22O4. The highest BCUT2D eigenvalue weighted by molar-refractivity contribution is 5.79. The van der Waals surface area contributed by atoms with E-state index in [4.69, 9.17) is 14.2 Å². The van der Waals surface area contributed by atoms with E-state index in [1.807, 2.05) is 6.92 Å². The molecule has 0 rings (SSSR count). The van der Waals surface area contributed by atoms with E-state index in [9.17, 15) is 4.79 Å². The van der Waals surface area contributed by atoms with Crippen molar-refractivity contribution in [3.8, 4) is 0 Å². The van der Waals surface area contributed by atoms with Gasteiger partial charge in [-0.1, -0.05) is 6.92 Å². The molecule has 4 heteroatoms. The van der Waals surface area contributed by atoms with E-state index in [0.717, 1.165) is 19.4 Å². The van der Waals surface area contributed by atoms with Crippen LogP contribution >= 0.6 is 0 Å². The summed E-state index contributed by atoms with van der Waals surface area (Å²) >= 11 is 0. The molecule has 15 heavy (non-hydrogen) atoms. The average Bonchev–Trinajstić information content (AvgIpc) is 2.22. The molecule has 0 amide bonds. The van der Waals surface area contributed by atoms with E-state index in [1.54, 1.807) is 7.11 Å². The van der Waals surface area contributed by atoms with Gasteiger partial charge in [-0.05, 0) is 12.8 Å². The summed E-state index contributed by atoms with van der Waals surface area (Å²) in [6.07, 6.45) is 2.38. The van der Waals surface area contributed by atoms with Crippen molar-refractivity contribution in [3.63, 3.8) is 0 Å². The van der Waals surface area contributed by atoms with Crippen molar-refractivity contribution in [1.29, 1.82) is 0 Å². The molecule has 0 fully saturated rings.